The van der Waals surface area contributed by atoms with E-state index in [9.17, 15) is 14.7 Å². The van der Waals surface area contributed by atoms with Crippen molar-refractivity contribution in [2.45, 2.75) is 38.5 Å². The number of hydrogen-bond acceptors (Lipinski definition) is 9. The molecule has 0 amide bonds. The average Bonchev–Trinajstić information content (AvgIpc) is 3.66. The first-order valence-corrected chi connectivity index (χ1v) is 19.4. The van der Waals surface area contributed by atoms with Crippen LogP contribution in [-0.4, -0.2) is 61.2 Å². The van der Waals surface area contributed by atoms with Gasteiger partial charge >= 0.3 is 11.9 Å². The van der Waals surface area contributed by atoms with Crippen LogP contribution in [0.15, 0.2) is 90.1 Å². The molecule has 0 spiro atoms. The van der Waals surface area contributed by atoms with Crippen molar-refractivity contribution in [2.24, 2.45) is 4.99 Å². The maximum Gasteiger partial charge on any atom is 0.359 e. The lowest BCUT2D eigenvalue weighted by Crippen LogP contribution is -2.22. The van der Waals surface area contributed by atoms with Crippen LogP contribution in [0.5, 0.6) is 0 Å². The number of aliphatic imine (C=N–C) groups is 1. The van der Waals surface area contributed by atoms with Crippen molar-refractivity contribution in [3.8, 4) is 0 Å². The van der Waals surface area contributed by atoms with Gasteiger partial charge in [0, 0.05) is 43.0 Å². The van der Waals surface area contributed by atoms with Crippen LogP contribution in [0.1, 0.15) is 48.6 Å². The van der Waals surface area contributed by atoms with Gasteiger partial charge in [0.25, 0.3) is 0 Å². The zero-order valence-corrected chi connectivity index (χ0v) is 28.3. The molecule has 0 aliphatic carbocycles. The number of benzene rings is 3. The summed E-state index contributed by atoms with van der Waals surface area (Å²) in [5, 5.41) is 13.1. The first-order chi connectivity index (χ1) is 22.1. The number of ether oxygens (including phenoxy) is 3. The molecule has 2 heterocycles. The third-order valence-electron chi connectivity index (χ3n) is 7.40. The van der Waals surface area contributed by atoms with E-state index in [-0.39, 0.29) is 17.4 Å². The van der Waals surface area contributed by atoms with E-state index in [1.54, 1.807) is 24.4 Å². The quantitative estimate of drug-likeness (QED) is 0.0653. The number of aromatic nitrogens is 2. The Morgan fingerprint density at radius 3 is 2.13 bits per heavy atom. The van der Waals surface area contributed by atoms with E-state index in [1.807, 2.05) is 65.2 Å². The molecule has 238 valence electrons. The largest absolute Gasteiger partial charge is 0.465 e. The van der Waals surface area contributed by atoms with Crippen molar-refractivity contribution < 1.29 is 28.9 Å². The summed E-state index contributed by atoms with van der Waals surface area (Å²) in [7, 11) is 1.33. The molecule has 0 bridgehead atoms. The van der Waals surface area contributed by atoms with Gasteiger partial charge in [-0.05, 0) is 18.2 Å². The molecule has 1 unspecified atom stereocenters. The normalized spacial score (nSPS) is 12.1. The van der Waals surface area contributed by atoms with Gasteiger partial charge in [0.2, 0.25) is 0 Å². The summed E-state index contributed by atoms with van der Waals surface area (Å²) in [5.41, 5.74) is 4.01. The van der Waals surface area contributed by atoms with E-state index >= 15 is 0 Å². The number of fused-ring (bicyclic) bond motifs is 1. The number of methoxy groups -OCH3 is 2. The van der Waals surface area contributed by atoms with E-state index in [0.717, 1.165) is 28.5 Å². The highest BCUT2D eigenvalue weighted by Gasteiger charge is 2.27. The van der Waals surface area contributed by atoms with Crippen LogP contribution in [0.2, 0.25) is 25.7 Å². The van der Waals surface area contributed by atoms with Crippen LogP contribution in [0.4, 0.5) is 5.00 Å². The Kier molecular flexibility index (Phi) is 10.3. The predicted molar refractivity (Wildman–Crippen MR) is 183 cm³/mol. The summed E-state index contributed by atoms with van der Waals surface area (Å²) in [5.74, 6) is -1.12. The number of carbonyl (C=O) groups excluding carboxylic acids is 2. The molecule has 2 aromatic heterocycles. The van der Waals surface area contributed by atoms with Gasteiger partial charge in [-0.2, -0.15) is 0 Å². The second-order valence-electron chi connectivity index (χ2n) is 11.9. The fraction of sp³-hybridized carbons (Fsp3) is 0.257. The minimum absolute atomic E-state index is 0.0114. The monoisotopic (exact) mass is 655 g/mol. The van der Waals surface area contributed by atoms with Gasteiger partial charge in [-0.1, -0.05) is 97.7 Å². The molecule has 9 nitrogen and oxygen atoms in total. The first kappa shape index (κ1) is 33.0. The molecule has 5 rings (SSSR count). The van der Waals surface area contributed by atoms with Crippen LogP contribution in [0.25, 0.3) is 10.9 Å². The molecule has 1 atom stereocenters. The summed E-state index contributed by atoms with van der Waals surface area (Å²) in [4.78, 5) is 34.8. The lowest BCUT2D eigenvalue weighted by molar-refractivity contribution is 0.0588. The van der Waals surface area contributed by atoms with Gasteiger partial charge in [-0.3, -0.25) is 0 Å². The van der Waals surface area contributed by atoms with E-state index < -0.39 is 26.1 Å². The fourth-order valence-corrected chi connectivity index (χ4v) is 6.60. The smallest absolute Gasteiger partial charge is 0.359 e. The van der Waals surface area contributed by atoms with E-state index in [4.69, 9.17) is 19.2 Å². The minimum atomic E-state index is -1.30. The number of esters is 2. The number of rotatable bonds is 12. The van der Waals surface area contributed by atoms with Gasteiger partial charge in [-0.25, -0.2) is 19.6 Å². The standard InChI is InChI=1S/C35H37N3O6SSi/c1-42-34(40)25-16-17-26-27(21-38(28(26)20-25)22-44-18-19-46(3,4)5)31(39)33-37-30(35(41)43-2)32(45-33)36-29(23-12-8-6-9-13-23)24-14-10-7-11-15-24/h6-17,20-21,31,39H,18-19,22H2,1-5H3. The second-order valence-corrected chi connectivity index (χ2v) is 18.5. The summed E-state index contributed by atoms with van der Waals surface area (Å²) in [6.07, 6.45) is 0.593. The van der Waals surface area contributed by atoms with Gasteiger partial charge in [0.15, 0.2) is 10.7 Å². The highest BCUT2D eigenvalue weighted by Crippen LogP contribution is 2.38. The van der Waals surface area contributed by atoms with E-state index in [1.165, 1.54) is 14.2 Å². The number of carbonyl (C=O) groups is 2. The van der Waals surface area contributed by atoms with Crippen molar-refractivity contribution >= 4 is 53.0 Å². The van der Waals surface area contributed by atoms with E-state index in [2.05, 4.69) is 24.6 Å². The summed E-state index contributed by atoms with van der Waals surface area (Å²) in [6.45, 7) is 7.70. The molecule has 0 saturated carbocycles. The fourth-order valence-electron chi connectivity index (χ4n) is 4.90. The van der Waals surface area contributed by atoms with Crippen molar-refractivity contribution in [3.63, 3.8) is 0 Å². The molecular formula is C35H37N3O6SSi. The summed E-state index contributed by atoms with van der Waals surface area (Å²) in [6, 6.07) is 25.5. The first-order valence-electron chi connectivity index (χ1n) is 14.8. The Hall–Kier alpha value is -4.42. The highest BCUT2D eigenvalue weighted by molar-refractivity contribution is 7.16. The summed E-state index contributed by atoms with van der Waals surface area (Å²) < 4.78 is 17.9. The van der Waals surface area contributed by atoms with Gasteiger partial charge in [0.1, 0.15) is 17.8 Å². The number of nitrogens with zero attached hydrogens (tertiary/aromatic N) is 3. The van der Waals surface area contributed by atoms with Crippen molar-refractivity contribution in [1.82, 2.24) is 9.55 Å². The zero-order chi connectivity index (χ0) is 32.8. The molecule has 11 heteroatoms. The lowest BCUT2D eigenvalue weighted by Gasteiger charge is -2.15. The molecule has 46 heavy (non-hydrogen) atoms. The molecule has 0 radical (unpaired) electrons. The maximum absolute atomic E-state index is 12.9. The van der Waals surface area contributed by atoms with Gasteiger partial charge < -0.3 is 23.9 Å². The second kappa shape index (κ2) is 14.3. The highest BCUT2D eigenvalue weighted by atomic mass is 32.1. The Morgan fingerprint density at radius 1 is 0.913 bits per heavy atom. The Labute approximate surface area is 273 Å². The van der Waals surface area contributed by atoms with E-state index in [0.29, 0.717) is 39.3 Å². The number of thiazole rings is 1. The zero-order valence-electron chi connectivity index (χ0n) is 26.5. The Bertz CT molecular complexity index is 1820. The molecule has 0 fully saturated rings. The van der Waals surface area contributed by atoms with Crippen molar-refractivity contribution in [3.05, 3.63) is 118 Å². The van der Waals surface area contributed by atoms with Crippen LogP contribution in [0.3, 0.4) is 0 Å². The third-order valence-corrected chi connectivity index (χ3v) is 10.1. The van der Waals surface area contributed by atoms with Crippen LogP contribution < -0.4 is 0 Å². The number of hydrogen-bond donors (Lipinski definition) is 1. The molecule has 0 aliphatic rings. The molecule has 0 saturated heterocycles. The number of aliphatic hydroxyl groups excluding tert-OH is 1. The van der Waals surface area contributed by atoms with Crippen molar-refractivity contribution in [2.75, 3.05) is 20.8 Å². The predicted octanol–water partition coefficient (Wildman–Crippen LogP) is 7.23. The average molecular weight is 656 g/mol. The number of aliphatic hydroxyl groups is 1. The lowest BCUT2D eigenvalue weighted by atomic mass is 10.0. The Balaban J connectivity index is 1.58. The van der Waals surface area contributed by atoms with Gasteiger partial charge in [-0.15, -0.1) is 0 Å². The van der Waals surface area contributed by atoms with Crippen molar-refractivity contribution in [1.29, 1.82) is 0 Å². The maximum atomic E-state index is 12.9. The Morgan fingerprint density at radius 2 is 1.54 bits per heavy atom. The SMILES string of the molecule is COC(=O)c1ccc2c(C(O)c3nc(C(=O)OC)c(N=C(c4ccccc4)c4ccccc4)s3)cn(COCC[Si](C)(C)C)c2c1. The summed E-state index contributed by atoms with van der Waals surface area (Å²) >= 11 is 1.12. The minimum Gasteiger partial charge on any atom is -0.465 e. The molecular weight excluding hydrogens is 619 g/mol. The molecule has 1 N–H and O–H groups in total. The third kappa shape index (κ3) is 7.51. The van der Waals surface area contributed by atoms with Crippen LogP contribution in [0, 0.1) is 0 Å². The van der Waals surface area contributed by atoms with Crippen LogP contribution >= 0.6 is 11.3 Å². The topological polar surface area (TPSA) is 112 Å². The molecule has 3 aromatic carbocycles. The molecule has 0 aliphatic heterocycles. The molecule has 5 aromatic rings. The van der Waals surface area contributed by atoms with Gasteiger partial charge in [0.05, 0.1) is 31.0 Å². The van der Waals surface area contributed by atoms with Crippen LogP contribution in [-0.2, 0) is 20.9 Å².